The number of aryl methyl sites for hydroxylation is 4. The van der Waals surface area contributed by atoms with Crippen LogP contribution in [0.4, 0.5) is 0 Å². The second-order valence-corrected chi connectivity index (χ2v) is 5.68. The maximum absolute atomic E-state index is 11.1. The number of carboxylic acids is 1. The first-order valence-corrected chi connectivity index (χ1v) is 7.33. The zero-order valence-electron chi connectivity index (χ0n) is 12.1. The Bertz CT molecular complexity index is 646. The average Bonchev–Trinajstić information content (AvgIpc) is 2.88. The maximum Gasteiger partial charge on any atom is 0.307 e. The molecule has 0 saturated heterocycles. The first-order valence-electron chi connectivity index (χ1n) is 7.33. The second-order valence-electron chi connectivity index (χ2n) is 5.68. The van der Waals surface area contributed by atoms with Gasteiger partial charge in [-0.15, -0.1) is 0 Å². The average molecular weight is 285 g/mol. The third-order valence-corrected chi connectivity index (χ3v) is 4.02. The number of aromatic nitrogens is 3. The van der Waals surface area contributed by atoms with E-state index in [1.807, 2.05) is 4.68 Å². The van der Waals surface area contributed by atoms with Gasteiger partial charge in [-0.05, 0) is 25.3 Å². The highest BCUT2D eigenvalue weighted by atomic mass is 16.4. The minimum atomic E-state index is -0.731. The molecule has 1 atom stereocenters. The number of carboxylic acid groups (broad SMARTS) is 1. The van der Waals surface area contributed by atoms with Crippen molar-refractivity contribution in [2.45, 2.75) is 39.2 Å². The smallest absolute Gasteiger partial charge is 0.307 e. The van der Waals surface area contributed by atoms with Gasteiger partial charge in [-0.2, -0.15) is 5.10 Å². The van der Waals surface area contributed by atoms with E-state index >= 15 is 0 Å². The molecule has 1 aliphatic heterocycles. The first kappa shape index (κ1) is 13.8. The molecule has 0 amide bonds. The summed E-state index contributed by atoms with van der Waals surface area (Å²) >= 11 is 0. The minimum absolute atomic E-state index is 0.313. The molecule has 1 aromatic carbocycles. The molecule has 1 unspecified atom stereocenters. The number of rotatable bonds is 4. The Hall–Kier alpha value is -2.17. The molecule has 0 spiro atoms. The van der Waals surface area contributed by atoms with Crippen molar-refractivity contribution < 1.29 is 9.90 Å². The van der Waals surface area contributed by atoms with Crippen LogP contribution < -0.4 is 0 Å². The van der Waals surface area contributed by atoms with Gasteiger partial charge < -0.3 is 5.11 Å². The molecule has 5 heteroatoms. The number of carbonyl (C=O) groups is 1. The zero-order chi connectivity index (χ0) is 14.8. The predicted molar refractivity (Wildman–Crippen MR) is 78.1 cm³/mol. The van der Waals surface area contributed by atoms with Crippen molar-refractivity contribution in [1.29, 1.82) is 0 Å². The third-order valence-electron chi connectivity index (χ3n) is 4.02. The number of benzene rings is 1. The van der Waals surface area contributed by atoms with Crippen LogP contribution in [0.25, 0.3) is 0 Å². The Labute approximate surface area is 123 Å². The zero-order valence-corrected chi connectivity index (χ0v) is 12.1. The second kappa shape index (κ2) is 5.68. The molecule has 2 heterocycles. The molecule has 0 radical (unpaired) electrons. The van der Waals surface area contributed by atoms with Gasteiger partial charge in [0, 0.05) is 19.4 Å². The van der Waals surface area contributed by atoms with Crippen LogP contribution in [0.3, 0.4) is 0 Å². The number of hydrogen-bond donors (Lipinski definition) is 1. The lowest BCUT2D eigenvalue weighted by molar-refractivity contribution is -0.142. The van der Waals surface area contributed by atoms with E-state index < -0.39 is 5.97 Å². The quantitative estimate of drug-likeness (QED) is 0.933. The predicted octanol–water partition coefficient (Wildman–Crippen LogP) is 2.02. The Morgan fingerprint density at radius 2 is 2.10 bits per heavy atom. The van der Waals surface area contributed by atoms with Gasteiger partial charge in [-0.25, -0.2) is 9.67 Å². The molecular weight excluding hydrogens is 266 g/mol. The molecule has 1 aromatic heterocycles. The van der Waals surface area contributed by atoms with Crippen molar-refractivity contribution in [3.05, 3.63) is 47.0 Å². The minimum Gasteiger partial charge on any atom is -0.481 e. The van der Waals surface area contributed by atoms with Crippen molar-refractivity contribution in [1.82, 2.24) is 14.8 Å². The lowest BCUT2D eigenvalue weighted by atomic mass is 9.98. The van der Waals surface area contributed by atoms with Gasteiger partial charge in [0.05, 0.1) is 5.92 Å². The van der Waals surface area contributed by atoms with E-state index in [0.717, 1.165) is 24.5 Å². The van der Waals surface area contributed by atoms with Gasteiger partial charge in [-0.3, -0.25) is 4.79 Å². The van der Waals surface area contributed by atoms with Crippen molar-refractivity contribution in [3.8, 4) is 0 Å². The molecule has 0 aliphatic carbocycles. The van der Waals surface area contributed by atoms with Crippen LogP contribution >= 0.6 is 0 Å². The molecular formula is C16H19N3O2. The van der Waals surface area contributed by atoms with Crippen molar-refractivity contribution in [2.24, 2.45) is 5.92 Å². The van der Waals surface area contributed by atoms with Gasteiger partial charge >= 0.3 is 5.97 Å². The molecule has 0 saturated carbocycles. The van der Waals surface area contributed by atoms with E-state index in [-0.39, 0.29) is 5.92 Å². The van der Waals surface area contributed by atoms with Gasteiger partial charge in [-0.1, -0.05) is 29.8 Å². The highest BCUT2D eigenvalue weighted by molar-refractivity contribution is 5.70. The van der Waals surface area contributed by atoms with E-state index in [2.05, 4.69) is 41.3 Å². The molecule has 0 fully saturated rings. The van der Waals surface area contributed by atoms with Crippen molar-refractivity contribution in [3.63, 3.8) is 0 Å². The summed E-state index contributed by atoms with van der Waals surface area (Å²) in [5, 5.41) is 13.6. The van der Waals surface area contributed by atoms with Gasteiger partial charge in [0.25, 0.3) is 0 Å². The fraction of sp³-hybridized carbons (Fsp3) is 0.438. The van der Waals surface area contributed by atoms with Crippen LogP contribution in [-0.4, -0.2) is 25.8 Å². The van der Waals surface area contributed by atoms with Crippen LogP contribution in [0.1, 0.15) is 29.2 Å². The Kier molecular flexibility index (Phi) is 3.73. The number of fused-ring (bicyclic) bond motifs is 1. The standard InChI is InChI=1S/C16H19N3O2/c1-11-2-4-12(5-3-11)6-7-14-17-15-10-13(16(20)21)8-9-19(15)18-14/h2-5,13H,6-10H2,1H3,(H,20,21). The summed E-state index contributed by atoms with van der Waals surface area (Å²) in [5.74, 6) is 0.585. The highest BCUT2D eigenvalue weighted by Gasteiger charge is 2.26. The Morgan fingerprint density at radius 1 is 1.33 bits per heavy atom. The Balaban J connectivity index is 1.65. The summed E-state index contributed by atoms with van der Waals surface area (Å²) in [6, 6.07) is 8.48. The van der Waals surface area contributed by atoms with E-state index in [0.29, 0.717) is 19.4 Å². The fourth-order valence-electron chi connectivity index (χ4n) is 2.68. The van der Waals surface area contributed by atoms with E-state index in [1.165, 1.54) is 11.1 Å². The largest absolute Gasteiger partial charge is 0.481 e. The number of nitrogens with zero attached hydrogens (tertiary/aromatic N) is 3. The molecule has 1 aliphatic rings. The number of aliphatic carboxylic acids is 1. The molecule has 1 N–H and O–H groups in total. The highest BCUT2D eigenvalue weighted by Crippen LogP contribution is 2.19. The van der Waals surface area contributed by atoms with Crippen LogP contribution in [0.5, 0.6) is 0 Å². The van der Waals surface area contributed by atoms with E-state index in [4.69, 9.17) is 5.11 Å². The van der Waals surface area contributed by atoms with Gasteiger partial charge in [0.15, 0.2) is 5.82 Å². The molecule has 2 aromatic rings. The Morgan fingerprint density at radius 3 is 2.81 bits per heavy atom. The van der Waals surface area contributed by atoms with Crippen LogP contribution in [0.2, 0.25) is 0 Å². The van der Waals surface area contributed by atoms with Crippen LogP contribution in [0, 0.1) is 12.8 Å². The van der Waals surface area contributed by atoms with Crippen LogP contribution in [0.15, 0.2) is 24.3 Å². The summed E-state index contributed by atoms with van der Waals surface area (Å²) in [6.07, 6.45) is 2.84. The fourth-order valence-corrected chi connectivity index (χ4v) is 2.68. The van der Waals surface area contributed by atoms with Crippen molar-refractivity contribution >= 4 is 5.97 Å². The maximum atomic E-state index is 11.1. The third kappa shape index (κ3) is 3.12. The molecule has 5 nitrogen and oxygen atoms in total. The summed E-state index contributed by atoms with van der Waals surface area (Å²) in [5.41, 5.74) is 2.53. The number of hydrogen-bond acceptors (Lipinski definition) is 3. The monoisotopic (exact) mass is 285 g/mol. The summed E-state index contributed by atoms with van der Waals surface area (Å²) < 4.78 is 1.86. The molecule has 110 valence electrons. The lowest BCUT2D eigenvalue weighted by Gasteiger charge is -2.17. The van der Waals surface area contributed by atoms with Gasteiger partial charge in [0.2, 0.25) is 0 Å². The van der Waals surface area contributed by atoms with E-state index in [9.17, 15) is 4.79 Å². The first-order chi connectivity index (χ1) is 10.1. The SMILES string of the molecule is Cc1ccc(CCc2nc3n(n2)CCC(C(=O)O)C3)cc1. The topological polar surface area (TPSA) is 68.0 Å². The summed E-state index contributed by atoms with van der Waals surface area (Å²) in [6.45, 7) is 2.73. The normalized spacial score (nSPS) is 17.5. The van der Waals surface area contributed by atoms with Crippen LogP contribution in [-0.2, 0) is 30.6 Å². The van der Waals surface area contributed by atoms with Crippen molar-refractivity contribution in [2.75, 3.05) is 0 Å². The lowest BCUT2D eigenvalue weighted by Crippen LogP contribution is -2.26. The van der Waals surface area contributed by atoms with E-state index in [1.54, 1.807) is 0 Å². The molecule has 21 heavy (non-hydrogen) atoms. The molecule has 3 rings (SSSR count). The summed E-state index contributed by atoms with van der Waals surface area (Å²) in [7, 11) is 0. The summed E-state index contributed by atoms with van der Waals surface area (Å²) in [4.78, 5) is 15.6. The molecule has 0 bridgehead atoms. The van der Waals surface area contributed by atoms with Gasteiger partial charge in [0.1, 0.15) is 5.82 Å².